The predicted molar refractivity (Wildman–Crippen MR) is 73.0 cm³/mol. The first-order valence-electron chi connectivity index (χ1n) is 6.10. The van der Waals surface area contributed by atoms with E-state index in [0.717, 1.165) is 18.6 Å². The molecule has 0 aliphatic carbocycles. The lowest BCUT2D eigenvalue weighted by Crippen LogP contribution is -2.02. The standard InChI is InChI=1S/C13H10ClF2N3O2/c1-2-3-7-6-10(14)18-13(17-7)11-8(15)4-5-9(12(11)16)19(20)21/h4-6H,2-3H2,1H3. The lowest BCUT2D eigenvalue weighted by Gasteiger charge is -2.07. The number of nitrogens with zero attached hydrogens (tertiary/aromatic N) is 3. The van der Waals surface area contributed by atoms with E-state index in [1.165, 1.54) is 6.07 Å². The highest BCUT2D eigenvalue weighted by Crippen LogP contribution is 2.30. The minimum absolute atomic E-state index is 0.0220. The van der Waals surface area contributed by atoms with Crippen LogP contribution in [0.4, 0.5) is 14.5 Å². The van der Waals surface area contributed by atoms with Gasteiger partial charge in [0.1, 0.15) is 11.0 Å². The van der Waals surface area contributed by atoms with Crippen LogP contribution in [0.5, 0.6) is 0 Å². The summed E-state index contributed by atoms with van der Waals surface area (Å²) in [5.41, 5.74) is -0.978. The molecule has 2 rings (SSSR count). The Balaban J connectivity index is 2.66. The monoisotopic (exact) mass is 313 g/mol. The number of hydrogen-bond donors (Lipinski definition) is 0. The van der Waals surface area contributed by atoms with Crippen LogP contribution in [0.1, 0.15) is 19.0 Å². The van der Waals surface area contributed by atoms with Crippen molar-refractivity contribution in [3.8, 4) is 11.4 Å². The van der Waals surface area contributed by atoms with Crippen molar-refractivity contribution in [3.63, 3.8) is 0 Å². The Kier molecular flexibility index (Phi) is 4.42. The van der Waals surface area contributed by atoms with Crippen LogP contribution in [-0.4, -0.2) is 14.9 Å². The van der Waals surface area contributed by atoms with Crippen molar-refractivity contribution in [1.82, 2.24) is 9.97 Å². The summed E-state index contributed by atoms with van der Waals surface area (Å²) in [6.07, 6.45) is 1.31. The molecule has 0 spiro atoms. The molecule has 0 amide bonds. The van der Waals surface area contributed by atoms with Crippen LogP contribution >= 0.6 is 11.6 Å². The maximum absolute atomic E-state index is 14.1. The number of benzene rings is 1. The van der Waals surface area contributed by atoms with E-state index in [-0.39, 0.29) is 11.0 Å². The number of nitro benzene ring substituents is 1. The molecule has 2 aromatic rings. The van der Waals surface area contributed by atoms with Crippen molar-refractivity contribution in [2.45, 2.75) is 19.8 Å². The zero-order valence-corrected chi connectivity index (χ0v) is 11.7. The van der Waals surface area contributed by atoms with Gasteiger partial charge in [0.2, 0.25) is 5.82 Å². The zero-order valence-electron chi connectivity index (χ0n) is 10.9. The van der Waals surface area contributed by atoms with E-state index >= 15 is 0 Å². The van der Waals surface area contributed by atoms with Gasteiger partial charge in [-0.1, -0.05) is 24.9 Å². The van der Waals surface area contributed by atoms with E-state index in [2.05, 4.69) is 9.97 Å². The average Bonchev–Trinajstić information content (AvgIpc) is 2.38. The molecule has 1 heterocycles. The van der Waals surface area contributed by atoms with E-state index in [0.29, 0.717) is 12.1 Å². The van der Waals surface area contributed by atoms with Crippen LogP contribution in [0, 0.1) is 21.7 Å². The summed E-state index contributed by atoms with van der Waals surface area (Å²) in [7, 11) is 0. The number of rotatable bonds is 4. The van der Waals surface area contributed by atoms with Gasteiger partial charge >= 0.3 is 5.69 Å². The molecule has 0 saturated heterocycles. The Morgan fingerprint density at radius 2 is 2.05 bits per heavy atom. The van der Waals surface area contributed by atoms with Crippen molar-refractivity contribution in [1.29, 1.82) is 0 Å². The van der Waals surface area contributed by atoms with Crippen LogP contribution < -0.4 is 0 Å². The maximum Gasteiger partial charge on any atom is 0.305 e. The second-order valence-corrected chi connectivity index (χ2v) is 4.66. The molecule has 0 atom stereocenters. The molecule has 5 nitrogen and oxygen atoms in total. The van der Waals surface area contributed by atoms with Crippen LogP contribution in [-0.2, 0) is 6.42 Å². The zero-order chi connectivity index (χ0) is 15.6. The molecule has 8 heteroatoms. The van der Waals surface area contributed by atoms with E-state index < -0.39 is 27.8 Å². The van der Waals surface area contributed by atoms with E-state index in [4.69, 9.17) is 11.6 Å². The molecule has 0 fully saturated rings. The molecule has 0 aliphatic rings. The van der Waals surface area contributed by atoms with Gasteiger partial charge in [-0.2, -0.15) is 4.39 Å². The molecule has 0 radical (unpaired) electrons. The maximum atomic E-state index is 14.1. The summed E-state index contributed by atoms with van der Waals surface area (Å²) in [6.45, 7) is 1.91. The summed E-state index contributed by atoms with van der Waals surface area (Å²) >= 11 is 5.81. The highest BCUT2D eigenvalue weighted by atomic mass is 35.5. The number of aryl methyl sites for hydroxylation is 1. The lowest BCUT2D eigenvalue weighted by molar-refractivity contribution is -0.387. The molecule has 0 N–H and O–H groups in total. The Morgan fingerprint density at radius 1 is 1.33 bits per heavy atom. The Labute approximate surface area is 123 Å². The van der Waals surface area contributed by atoms with E-state index in [1.54, 1.807) is 0 Å². The number of nitro groups is 1. The van der Waals surface area contributed by atoms with Crippen molar-refractivity contribution in [2.24, 2.45) is 0 Å². The quantitative estimate of drug-likeness (QED) is 0.487. The summed E-state index contributed by atoms with van der Waals surface area (Å²) < 4.78 is 28.0. The number of halogens is 3. The predicted octanol–water partition coefficient (Wildman–Crippen LogP) is 3.94. The summed E-state index contributed by atoms with van der Waals surface area (Å²) in [5.74, 6) is -2.60. The van der Waals surface area contributed by atoms with Gasteiger partial charge < -0.3 is 0 Å². The molecular formula is C13H10ClF2N3O2. The molecule has 1 aromatic heterocycles. The van der Waals surface area contributed by atoms with E-state index in [1.807, 2.05) is 6.92 Å². The van der Waals surface area contributed by atoms with Crippen LogP contribution in [0.2, 0.25) is 5.15 Å². The summed E-state index contributed by atoms with van der Waals surface area (Å²) in [4.78, 5) is 17.6. The van der Waals surface area contributed by atoms with Gasteiger partial charge in [-0.15, -0.1) is 0 Å². The van der Waals surface area contributed by atoms with Crippen molar-refractivity contribution in [3.05, 3.63) is 50.8 Å². The van der Waals surface area contributed by atoms with Gasteiger partial charge in [-0.25, -0.2) is 14.4 Å². The largest absolute Gasteiger partial charge is 0.305 e. The van der Waals surface area contributed by atoms with Gasteiger partial charge in [-0.3, -0.25) is 10.1 Å². The molecule has 0 bridgehead atoms. The molecule has 110 valence electrons. The fourth-order valence-corrected chi connectivity index (χ4v) is 2.05. The molecule has 0 aliphatic heterocycles. The first kappa shape index (κ1) is 15.2. The van der Waals surface area contributed by atoms with Gasteiger partial charge in [0.25, 0.3) is 0 Å². The summed E-state index contributed by atoms with van der Waals surface area (Å²) in [5, 5.41) is 10.8. The second-order valence-electron chi connectivity index (χ2n) is 4.27. The molecule has 0 saturated carbocycles. The fourth-order valence-electron chi connectivity index (χ4n) is 1.85. The highest BCUT2D eigenvalue weighted by molar-refractivity contribution is 6.29. The fraction of sp³-hybridized carbons (Fsp3) is 0.231. The van der Waals surface area contributed by atoms with Crippen LogP contribution in [0.15, 0.2) is 18.2 Å². The number of hydrogen-bond acceptors (Lipinski definition) is 4. The number of aromatic nitrogens is 2. The first-order chi connectivity index (χ1) is 9.93. The molecule has 0 unspecified atom stereocenters. The van der Waals surface area contributed by atoms with Gasteiger partial charge in [-0.05, 0) is 18.6 Å². The molecule has 1 aromatic carbocycles. The first-order valence-corrected chi connectivity index (χ1v) is 6.48. The lowest BCUT2D eigenvalue weighted by atomic mass is 10.1. The van der Waals surface area contributed by atoms with Crippen molar-refractivity contribution >= 4 is 17.3 Å². The normalized spacial score (nSPS) is 10.7. The summed E-state index contributed by atoms with van der Waals surface area (Å²) in [6, 6.07) is 3.05. The SMILES string of the molecule is CCCc1cc(Cl)nc(-c2c(F)ccc([N+](=O)[O-])c2F)n1. The Bertz CT molecular complexity index is 710. The second kappa shape index (κ2) is 6.09. The Morgan fingerprint density at radius 3 is 2.67 bits per heavy atom. The van der Waals surface area contributed by atoms with Crippen molar-refractivity contribution < 1.29 is 13.7 Å². The third-order valence-electron chi connectivity index (χ3n) is 2.75. The molecule has 21 heavy (non-hydrogen) atoms. The minimum atomic E-state index is -1.32. The van der Waals surface area contributed by atoms with Crippen LogP contribution in [0.3, 0.4) is 0 Å². The van der Waals surface area contributed by atoms with E-state index in [9.17, 15) is 18.9 Å². The topological polar surface area (TPSA) is 68.9 Å². The minimum Gasteiger partial charge on any atom is -0.258 e. The highest BCUT2D eigenvalue weighted by Gasteiger charge is 2.24. The van der Waals surface area contributed by atoms with Gasteiger partial charge in [0.15, 0.2) is 5.82 Å². The smallest absolute Gasteiger partial charge is 0.258 e. The third kappa shape index (κ3) is 3.13. The third-order valence-corrected chi connectivity index (χ3v) is 2.94. The average molecular weight is 314 g/mol. The van der Waals surface area contributed by atoms with Crippen LogP contribution in [0.25, 0.3) is 11.4 Å². The van der Waals surface area contributed by atoms with Gasteiger partial charge in [0, 0.05) is 11.8 Å². The Hall–Kier alpha value is -2.15. The van der Waals surface area contributed by atoms with Gasteiger partial charge in [0.05, 0.1) is 10.5 Å². The molecular weight excluding hydrogens is 304 g/mol. The van der Waals surface area contributed by atoms with Crippen molar-refractivity contribution in [2.75, 3.05) is 0 Å².